The lowest BCUT2D eigenvalue weighted by atomic mass is 10.1. The van der Waals surface area contributed by atoms with Gasteiger partial charge in [0.2, 0.25) is 0 Å². The molecule has 0 radical (unpaired) electrons. The van der Waals surface area contributed by atoms with Crippen LogP contribution in [0, 0.1) is 0 Å². The topological polar surface area (TPSA) is 23.6 Å². The number of aldehydes is 1. The molecule has 3 rings (SSSR count). The van der Waals surface area contributed by atoms with Crippen LogP contribution >= 0.6 is 0 Å². The summed E-state index contributed by atoms with van der Waals surface area (Å²) in [7, 11) is 0. The van der Waals surface area contributed by atoms with E-state index in [0.717, 1.165) is 17.5 Å². The van der Waals surface area contributed by atoms with Crippen molar-refractivity contribution in [2.45, 2.75) is 0 Å². The summed E-state index contributed by atoms with van der Waals surface area (Å²) in [5.74, 6) is 0. The molecule has 3 heteroatoms. The lowest BCUT2D eigenvalue weighted by Crippen LogP contribution is -2.38. The third-order valence-electron chi connectivity index (χ3n) is 2.67. The number of allylic oxidation sites excluding steroid dienone is 3. The van der Waals surface area contributed by atoms with Crippen LogP contribution in [0.1, 0.15) is 5.56 Å². The molecule has 0 aromatic heterocycles. The maximum absolute atomic E-state index is 11.0. The molecule has 2 aliphatic rings. The average Bonchev–Trinajstić information content (AvgIpc) is 2.38. The van der Waals surface area contributed by atoms with Gasteiger partial charge in [-0.3, -0.25) is 14.8 Å². The minimum Gasteiger partial charge on any atom is -0.296 e. The molecular weight excluding hydrogens is 200 g/mol. The van der Waals surface area contributed by atoms with Gasteiger partial charge in [-0.15, -0.1) is 0 Å². The zero-order valence-corrected chi connectivity index (χ0v) is 8.58. The van der Waals surface area contributed by atoms with Gasteiger partial charge in [0.1, 0.15) is 5.70 Å². The standard InChI is InChI=1S/C13H10N2O/c16-10-12-9-11-5-1-2-6-13(11)15-8-4-3-7-14(12)15/h1-10H. The summed E-state index contributed by atoms with van der Waals surface area (Å²) in [6, 6.07) is 7.99. The number of rotatable bonds is 1. The van der Waals surface area contributed by atoms with Gasteiger partial charge >= 0.3 is 0 Å². The van der Waals surface area contributed by atoms with Gasteiger partial charge in [0.05, 0.1) is 5.69 Å². The summed E-state index contributed by atoms with van der Waals surface area (Å²) in [6.45, 7) is 0. The van der Waals surface area contributed by atoms with Gasteiger partial charge in [-0.2, -0.15) is 0 Å². The molecule has 0 fully saturated rings. The van der Waals surface area contributed by atoms with Crippen LogP contribution in [-0.2, 0) is 4.79 Å². The predicted molar refractivity (Wildman–Crippen MR) is 63.1 cm³/mol. The number of hydrazine groups is 1. The van der Waals surface area contributed by atoms with E-state index in [4.69, 9.17) is 0 Å². The zero-order valence-electron chi connectivity index (χ0n) is 8.58. The smallest absolute Gasteiger partial charge is 0.168 e. The molecule has 16 heavy (non-hydrogen) atoms. The van der Waals surface area contributed by atoms with Crippen molar-refractivity contribution in [1.29, 1.82) is 0 Å². The number of benzene rings is 1. The molecule has 0 N–H and O–H groups in total. The third kappa shape index (κ3) is 1.18. The number of carbonyl (C=O) groups is 1. The normalized spacial score (nSPS) is 16.6. The van der Waals surface area contributed by atoms with Crippen LogP contribution in [-0.4, -0.2) is 11.3 Å². The van der Waals surface area contributed by atoms with Gasteiger partial charge < -0.3 is 0 Å². The van der Waals surface area contributed by atoms with Crippen LogP contribution in [0.3, 0.4) is 0 Å². The Morgan fingerprint density at radius 3 is 2.56 bits per heavy atom. The number of nitrogens with zero attached hydrogens (tertiary/aromatic N) is 2. The molecule has 1 aromatic carbocycles. The van der Waals surface area contributed by atoms with Crippen molar-refractivity contribution >= 4 is 18.0 Å². The van der Waals surface area contributed by atoms with E-state index >= 15 is 0 Å². The Labute approximate surface area is 93.6 Å². The lowest BCUT2D eigenvalue weighted by molar-refractivity contribution is -0.105. The van der Waals surface area contributed by atoms with Crippen molar-refractivity contribution in [1.82, 2.24) is 5.01 Å². The second-order valence-electron chi connectivity index (χ2n) is 3.62. The number of hydrogen-bond donors (Lipinski definition) is 0. The van der Waals surface area contributed by atoms with Gasteiger partial charge in [0.25, 0.3) is 0 Å². The van der Waals surface area contributed by atoms with Crippen LogP contribution in [0.5, 0.6) is 0 Å². The van der Waals surface area contributed by atoms with Crippen molar-refractivity contribution in [3.8, 4) is 0 Å². The Morgan fingerprint density at radius 1 is 1.00 bits per heavy atom. The molecule has 78 valence electrons. The fourth-order valence-electron chi connectivity index (χ4n) is 1.94. The first-order valence-electron chi connectivity index (χ1n) is 5.09. The summed E-state index contributed by atoms with van der Waals surface area (Å²) >= 11 is 0. The van der Waals surface area contributed by atoms with Gasteiger partial charge in [0, 0.05) is 18.0 Å². The highest BCUT2D eigenvalue weighted by atomic mass is 16.1. The number of fused-ring (bicyclic) bond motifs is 3. The molecule has 0 bridgehead atoms. The Kier molecular flexibility index (Phi) is 1.90. The average molecular weight is 210 g/mol. The van der Waals surface area contributed by atoms with Gasteiger partial charge in [-0.1, -0.05) is 18.2 Å². The second-order valence-corrected chi connectivity index (χ2v) is 3.62. The highest BCUT2D eigenvalue weighted by Crippen LogP contribution is 2.32. The molecule has 0 aliphatic carbocycles. The molecule has 0 saturated heterocycles. The summed E-state index contributed by atoms with van der Waals surface area (Å²) in [5.41, 5.74) is 2.77. The van der Waals surface area contributed by atoms with Crippen LogP contribution in [0.4, 0.5) is 5.69 Å². The molecule has 2 aliphatic heterocycles. The predicted octanol–water partition coefficient (Wildman–Crippen LogP) is 2.30. The molecule has 2 heterocycles. The first-order valence-corrected chi connectivity index (χ1v) is 5.09. The van der Waals surface area contributed by atoms with Crippen LogP contribution in [0.15, 0.2) is 54.5 Å². The lowest BCUT2D eigenvalue weighted by Gasteiger charge is -2.38. The highest BCUT2D eigenvalue weighted by Gasteiger charge is 2.22. The van der Waals surface area contributed by atoms with E-state index in [9.17, 15) is 4.79 Å². The summed E-state index contributed by atoms with van der Waals surface area (Å²) < 4.78 is 0. The summed E-state index contributed by atoms with van der Waals surface area (Å²) in [5, 5.41) is 3.79. The molecule has 1 aromatic rings. The summed E-state index contributed by atoms with van der Waals surface area (Å²) in [6.07, 6.45) is 10.4. The van der Waals surface area contributed by atoms with E-state index in [-0.39, 0.29) is 0 Å². The van der Waals surface area contributed by atoms with E-state index in [1.807, 2.05) is 64.9 Å². The molecule has 0 unspecified atom stereocenters. The monoisotopic (exact) mass is 210 g/mol. The highest BCUT2D eigenvalue weighted by molar-refractivity contribution is 5.87. The van der Waals surface area contributed by atoms with Crippen LogP contribution in [0.25, 0.3) is 6.08 Å². The van der Waals surface area contributed by atoms with E-state index in [0.29, 0.717) is 5.70 Å². The maximum Gasteiger partial charge on any atom is 0.168 e. The van der Waals surface area contributed by atoms with E-state index in [2.05, 4.69) is 0 Å². The number of anilines is 1. The van der Waals surface area contributed by atoms with Crippen LogP contribution in [0.2, 0.25) is 0 Å². The van der Waals surface area contributed by atoms with E-state index < -0.39 is 0 Å². The van der Waals surface area contributed by atoms with Crippen LogP contribution < -0.4 is 5.01 Å². The summed E-state index contributed by atoms with van der Waals surface area (Å²) in [4.78, 5) is 11.0. The van der Waals surface area contributed by atoms with Crippen molar-refractivity contribution in [2.24, 2.45) is 0 Å². The minimum absolute atomic E-state index is 0.638. The molecule has 3 nitrogen and oxygen atoms in total. The van der Waals surface area contributed by atoms with E-state index in [1.54, 1.807) is 0 Å². The zero-order chi connectivity index (χ0) is 11.0. The van der Waals surface area contributed by atoms with Crippen molar-refractivity contribution < 1.29 is 4.79 Å². The fraction of sp³-hybridized carbons (Fsp3) is 0. The van der Waals surface area contributed by atoms with E-state index in [1.165, 1.54) is 0 Å². The molecular formula is C13H10N2O. The molecule has 0 spiro atoms. The van der Waals surface area contributed by atoms with Gasteiger partial charge in [-0.25, -0.2) is 0 Å². The maximum atomic E-state index is 11.0. The van der Waals surface area contributed by atoms with Crippen molar-refractivity contribution in [3.05, 3.63) is 60.1 Å². The molecule has 0 atom stereocenters. The van der Waals surface area contributed by atoms with Gasteiger partial charge in [0.15, 0.2) is 6.29 Å². The molecule has 0 amide bonds. The SMILES string of the molecule is O=CC1=Cc2ccccc2N2C=CC=CN12. The quantitative estimate of drug-likeness (QED) is 0.664. The third-order valence-corrected chi connectivity index (χ3v) is 2.67. The fourth-order valence-corrected chi connectivity index (χ4v) is 1.94. The largest absolute Gasteiger partial charge is 0.296 e. The number of hydrogen-bond acceptors (Lipinski definition) is 3. The Balaban J connectivity index is 2.21. The molecule has 0 saturated carbocycles. The second kappa shape index (κ2) is 3.38. The van der Waals surface area contributed by atoms with Crippen molar-refractivity contribution in [2.75, 3.05) is 5.01 Å². The Hall–Kier alpha value is -2.29. The number of para-hydroxylation sites is 1. The number of carbonyl (C=O) groups excluding carboxylic acids is 1. The Bertz CT molecular complexity index is 528. The first kappa shape index (κ1) is 8.97. The Morgan fingerprint density at radius 2 is 1.75 bits per heavy atom. The first-order chi connectivity index (χ1) is 7.90. The van der Waals surface area contributed by atoms with Gasteiger partial charge in [-0.05, 0) is 24.3 Å². The minimum atomic E-state index is 0.638. The van der Waals surface area contributed by atoms with Crippen molar-refractivity contribution in [3.63, 3.8) is 0 Å².